The number of aromatic amines is 1. The highest BCUT2D eigenvalue weighted by molar-refractivity contribution is 5.97. The summed E-state index contributed by atoms with van der Waals surface area (Å²) >= 11 is 0. The molecule has 0 saturated heterocycles. The molecule has 1 N–H and O–H groups in total. The number of H-pyrrole nitrogens is 1. The molecule has 156 valence electrons. The largest absolute Gasteiger partial charge is 0.305 e. The van der Waals surface area contributed by atoms with Crippen LogP contribution in [-0.2, 0) is 25.0 Å². The SMILES string of the molecule is Cc1nn(C(C)(C)C)c(C)c1CN1CCc2nc(C3=NCCCC3)[nH]c(=O)c2C1. The van der Waals surface area contributed by atoms with E-state index in [9.17, 15) is 4.79 Å². The summed E-state index contributed by atoms with van der Waals surface area (Å²) in [7, 11) is 0. The minimum absolute atomic E-state index is 0.0122. The van der Waals surface area contributed by atoms with Crippen molar-refractivity contribution < 1.29 is 0 Å². The Morgan fingerprint density at radius 3 is 2.59 bits per heavy atom. The molecule has 4 heterocycles. The Bertz CT molecular complexity index is 1010. The van der Waals surface area contributed by atoms with Crippen molar-refractivity contribution in [3.05, 3.63) is 44.4 Å². The molecule has 0 amide bonds. The predicted molar refractivity (Wildman–Crippen MR) is 115 cm³/mol. The van der Waals surface area contributed by atoms with Gasteiger partial charge < -0.3 is 4.98 Å². The van der Waals surface area contributed by atoms with Crippen LogP contribution in [0.1, 0.15) is 74.1 Å². The molecule has 0 spiro atoms. The number of nitrogens with zero attached hydrogens (tertiary/aromatic N) is 5. The Morgan fingerprint density at radius 1 is 1.14 bits per heavy atom. The molecule has 0 fully saturated rings. The Morgan fingerprint density at radius 2 is 1.93 bits per heavy atom. The number of nitrogens with one attached hydrogen (secondary N) is 1. The first-order valence-corrected chi connectivity index (χ1v) is 10.7. The monoisotopic (exact) mass is 396 g/mol. The van der Waals surface area contributed by atoms with Crippen LogP contribution in [0.15, 0.2) is 9.79 Å². The van der Waals surface area contributed by atoms with E-state index in [1.165, 1.54) is 11.3 Å². The van der Waals surface area contributed by atoms with Crippen molar-refractivity contribution in [1.29, 1.82) is 0 Å². The number of aryl methyl sites for hydroxylation is 1. The van der Waals surface area contributed by atoms with Crippen LogP contribution < -0.4 is 5.56 Å². The highest BCUT2D eigenvalue weighted by Crippen LogP contribution is 2.24. The lowest BCUT2D eigenvalue weighted by Gasteiger charge is -2.28. The molecule has 0 atom stereocenters. The molecule has 2 aromatic rings. The fourth-order valence-electron chi connectivity index (χ4n) is 4.42. The van der Waals surface area contributed by atoms with Gasteiger partial charge in [0.1, 0.15) is 0 Å². The van der Waals surface area contributed by atoms with Gasteiger partial charge in [-0.05, 0) is 53.9 Å². The normalized spacial score (nSPS) is 17.9. The molecule has 0 aliphatic carbocycles. The summed E-state index contributed by atoms with van der Waals surface area (Å²) in [5, 5.41) is 4.77. The Labute approximate surface area is 172 Å². The van der Waals surface area contributed by atoms with Crippen LogP contribution in [0.25, 0.3) is 0 Å². The van der Waals surface area contributed by atoms with Crippen LogP contribution >= 0.6 is 0 Å². The van der Waals surface area contributed by atoms with E-state index < -0.39 is 0 Å². The molecule has 0 unspecified atom stereocenters. The van der Waals surface area contributed by atoms with Crippen LogP contribution in [0, 0.1) is 13.8 Å². The second-order valence-electron chi connectivity index (χ2n) is 9.32. The zero-order chi connectivity index (χ0) is 20.8. The van der Waals surface area contributed by atoms with E-state index >= 15 is 0 Å². The number of fused-ring (bicyclic) bond motifs is 1. The van der Waals surface area contributed by atoms with Crippen LogP contribution in [0.2, 0.25) is 0 Å². The summed E-state index contributed by atoms with van der Waals surface area (Å²) in [5.74, 6) is 0.681. The molecule has 0 radical (unpaired) electrons. The average Bonchev–Trinajstić information content (AvgIpc) is 2.97. The van der Waals surface area contributed by atoms with E-state index in [4.69, 9.17) is 10.1 Å². The predicted octanol–water partition coefficient (Wildman–Crippen LogP) is 2.87. The summed E-state index contributed by atoms with van der Waals surface area (Å²) in [4.78, 5) is 27.5. The first-order chi connectivity index (χ1) is 13.7. The van der Waals surface area contributed by atoms with Gasteiger partial charge in [0.15, 0.2) is 5.82 Å². The fraction of sp³-hybridized carbons (Fsp3) is 0.636. The lowest BCUT2D eigenvalue weighted by Crippen LogP contribution is -2.36. The zero-order valence-electron chi connectivity index (χ0n) is 18.3. The van der Waals surface area contributed by atoms with Gasteiger partial charge in [-0.3, -0.25) is 19.4 Å². The smallest absolute Gasteiger partial charge is 0.255 e. The van der Waals surface area contributed by atoms with Crippen molar-refractivity contribution in [2.24, 2.45) is 4.99 Å². The molecule has 0 saturated carbocycles. The van der Waals surface area contributed by atoms with E-state index in [1.807, 2.05) is 0 Å². The third-order valence-corrected chi connectivity index (χ3v) is 6.00. The van der Waals surface area contributed by atoms with E-state index in [0.717, 1.165) is 68.0 Å². The van der Waals surface area contributed by atoms with Crippen molar-refractivity contribution in [2.75, 3.05) is 13.1 Å². The lowest BCUT2D eigenvalue weighted by molar-refractivity contribution is 0.240. The van der Waals surface area contributed by atoms with E-state index in [-0.39, 0.29) is 11.1 Å². The topological polar surface area (TPSA) is 79.2 Å². The lowest BCUT2D eigenvalue weighted by atomic mass is 10.0. The molecular formula is C22H32N6O. The van der Waals surface area contributed by atoms with Gasteiger partial charge in [0.2, 0.25) is 0 Å². The Hall–Kier alpha value is -2.28. The molecule has 7 heteroatoms. The average molecular weight is 397 g/mol. The zero-order valence-corrected chi connectivity index (χ0v) is 18.3. The fourth-order valence-corrected chi connectivity index (χ4v) is 4.42. The summed E-state index contributed by atoms with van der Waals surface area (Å²) in [6, 6.07) is 0. The van der Waals surface area contributed by atoms with Gasteiger partial charge in [0, 0.05) is 43.9 Å². The van der Waals surface area contributed by atoms with Crippen LogP contribution in [0.5, 0.6) is 0 Å². The number of rotatable bonds is 3. The quantitative estimate of drug-likeness (QED) is 0.865. The molecule has 29 heavy (non-hydrogen) atoms. The van der Waals surface area contributed by atoms with Crippen LogP contribution in [0.3, 0.4) is 0 Å². The molecular weight excluding hydrogens is 364 g/mol. The molecule has 7 nitrogen and oxygen atoms in total. The van der Waals surface area contributed by atoms with E-state index in [1.54, 1.807) is 0 Å². The van der Waals surface area contributed by atoms with E-state index in [2.05, 4.69) is 54.2 Å². The van der Waals surface area contributed by atoms with Crippen LogP contribution in [-0.4, -0.2) is 43.4 Å². The van der Waals surface area contributed by atoms with Gasteiger partial charge in [0.05, 0.1) is 28.2 Å². The highest BCUT2D eigenvalue weighted by Gasteiger charge is 2.26. The van der Waals surface area contributed by atoms with Crippen LogP contribution in [0.4, 0.5) is 0 Å². The van der Waals surface area contributed by atoms with Gasteiger partial charge >= 0.3 is 0 Å². The second-order valence-corrected chi connectivity index (χ2v) is 9.32. The maximum atomic E-state index is 12.8. The Balaban J connectivity index is 1.56. The standard InChI is InChI=1S/C22H32N6O/c1-14-16(15(2)28(26-14)22(3,4)5)12-27-11-9-18-17(13-27)21(29)25-20(24-18)19-8-6-7-10-23-19/h6-13H2,1-5H3,(H,24,25,29). The molecule has 4 rings (SSSR count). The number of hydrogen-bond acceptors (Lipinski definition) is 5. The van der Waals surface area contributed by atoms with Gasteiger partial charge in [-0.25, -0.2) is 4.98 Å². The maximum absolute atomic E-state index is 12.8. The third kappa shape index (κ3) is 3.92. The minimum Gasteiger partial charge on any atom is -0.305 e. The number of hydrogen-bond donors (Lipinski definition) is 1. The molecule has 2 aromatic heterocycles. The summed E-state index contributed by atoms with van der Waals surface area (Å²) < 4.78 is 2.11. The molecule has 2 aliphatic rings. The summed E-state index contributed by atoms with van der Waals surface area (Å²) in [6.45, 7) is 13.9. The Kier molecular flexibility index (Phi) is 5.19. The summed E-state index contributed by atoms with van der Waals surface area (Å²) in [6.07, 6.45) is 3.95. The van der Waals surface area contributed by atoms with Gasteiger partial charge in [-0.2, -0.15) is 5.10 Å². The van der Waals surface area contributed by atoms with Gasteiger partial charge in [-0.1, -0.05) is 0 Å². The number of aliphatic imine (C=N–C) groups is 1. The second kappa shape index (κ2) is 7.52. The third-order valence-electron chi connectivity index (χ3n) is 6.00. The maximum Gasteiger partial charge on any atom is 0.255 e. The van der Waals surface area contributed by atoms with Crippen molar-refractivity contribution in [1.82, 2.24) is 24.6 Å². The minimum atomic E-state index is -0.0408. The van der Waals surface area contributed by atoms with Crippen molar-refractivity contribution in [3.8, 4) is 0 Å². The first kappa shape index (κ1) is 20.0. The summed E-state index contributed by atoms with van der Waals surface area (Å²) in [5.41, 5.74) is 6.18. The molecule has 2 aliphatic heterocycles. The molecule has 0 aromatic carbocycles. The first-order valence-electron chi connectivity index (χ1n) is 10.7. The van der Waals surface area contributed by atoms with Crippen molar-refractivity contribution >= 4 is 5.71 Å². The highest BCUT2D eigenvalue weighted by atomic mass is 16.1. The van der Waals surface area contributed by atoms with Crippen molar-refractivity contribution in [2.45, 2.75) is 78.9 Å². The van der Waals surface area contributed by atoms with Gasteiger partial charge in [-0.15, -0.1) is 0 Å². The van der Waals surface area contributed by atoms with Crippen molar-refractivity contribution in [3.63, 3.8) is 0 Å². The van der Waals surface area contributed by atoms with Gasteiger partial charge in [0.25, 0.3) is 5.56 Å². The van der Waals surface area contributed by atoms with E-state index in [0.29, 0.717) is 12.4 Å². The number of aromatic nitrogens is 4. The molecule has 0 bridgehead atoms.